The topological polar surface area (TPSA) is 69.6 Å². The third-order valence-corrected chi connectivity index (χ3v) is 5.53. The Hall–Kier alpha value is -0.950. The van der Waals surface area contributed by atoms with Crippen LogP contribution in [0.5, 0.6) is 0 Å². The van der Waals surface area contributed by atoms with Crippen molar-refractivity contribution in [3.63, 3.8) is 0 Å². The van der Waals surface area contributed by atoms with Crippen molar-refractivity contribution in [1.29, 1.82) is 0 Å². The highest BCUT2D eigenvalue weighted by atomic mass is 32.2. The number of nitrogens with zero attached hydrogens (tertiary/aromatic N) is 1. The first kappa shape index (κ1) is 16.4. The molecule has 0 saturated carbocycles. The summed E-state index contributed by atoms with van der Waals surface area (Å²) in [5.41, 5.74) is 1.40. The molecule has 1 aliphatic heterocycles. The number of rotatable bonds is 5. The number of aliphatic hydroxyl groups is 1. The fraction of sp³-hybridized carbons (Fsp3) is 0.600. The zero-order valence-corrected chi connectivity index (χ0v) is 13.5. The maximum atomic E-state index is 12.6. The van der Waals surface area contributed by atoms with E-state index in [9.17, 15) is 13.5 Å². The van der Waals surface area contributed by atoms with Gasteiger partial charge in [0.05, 0.1) is 11.5 Å². The van der Waals surface area contributed by atoms with Gasteiger partial charge in [0.1, 0.15) is 0 Å². The summed E-state index contributed by atoms with van der Waals surface area (Å²) in [5.74, 6) is 0. The Kier molecular flexibility index (Phi) is 5.37. The van der Waals surface area contributed by atoms with Gasteiger partial charge in [0, 0.05) is 12.6 Å². The molecule has 0 radical (unpaired) electrons. The molecule has 0 aromatic heterocycles. The van der Waals surface area contributed by atoms with Crippen molar-refractivity contribution in [3.8, 4) is 0 Å². The first-order chi connectivity index (χ1) is 9.96. The van der Waals surface area contributed by atoms with E-state index in [4.69, 9.17) is 0 Å². The van der Waals surface area contributed by atoms with Gasteiger partial charge in [0.2, 0.25) is 10.0 Å². The number of likely N-dealkylation sites (tertiary alicyclic amines) is 1. The van der Waals surface area contributed by atoms with Crippen LogP contribution < -0.4 is 4.72 Å². The molecule has 1 aromatic rings. The molecule has 6 heteroatoms. The van der Waals surface area contributed by atoms with E-state index in [0.29, 0.717) is 16.9 Å². The number of aliphatic hydroxyl groups excluding tert-OH is 1. The van der Waals surface area contributed by atoms with Crippen LogP contribution in [0.3, 0.4) is 0 Å². The zero-order chi connectivity index (χ0) is 15.5. The Morgan fingerprint density at radius 1 is 1.43 bits per heavy atom. The van der Waals surface area contributed by atoms with E-state index in [1.165, 1.54) is 0 Å². The lowest BCUT2D eigenvalue weighted by molar-refractivity contribution is 0.242. The predicted octanol–water partition coefficient (Wildman–Crippen LogP) is 1.11. The summed E-state index contributed by atoms with van der Waals surface area (Å²) in [5, 5.41) is 9.23. The van der Waals surface area contributed by atoms with Crippen LogP contribution >= 0.6 is 0 Å². The number of hydrogen-bond donors (Lipinski definition) is 2. The van der Waals surface area contributed by atoms with Crippen LogP contribution in [0.4, 0.5) is 0 Å². The second-order valence-electron chi connectivity index (χ2n) is 5.68. The molecule has 1 unspecified atom stereocenters. The van der Waals surface area contributed by atoms with Gasteiger partial charge in [-0.2, -0.15) is 0 Å². The maximum absolute atomic E-state index is 12.6. The molecule has 2 N–H and O–H groups in total. The van der Waals surface area contributed by atoms with Crippen LogP contribution in [0.2, 0.25) is 0 Å². The predicted molar refractivity (Wildman–Crippen MR) is 82.6 cm³/mol. The van der Waals surface area contributed by atoms with Gasteiger partial charge in [-0.15, -0.1) is 0 Å². The lowest BCUT2D eigenvalue weighted by Crippen LogP contribution is -2.46. The van der Waals surface area contributed by atoms with Crippen molar-refractivity contribution in [3.05, 3.63) is 29.3 Å². The average molecular weight is 312 g/mol. The Labute approximate surface area is 127 Å². The molecule has 1 aromatic carbocycles. The molecule has 0 amide bonds. The zero-order valence-electron chi connectivity index (χ0n) is 12.7. The Morgan fingerprint density at radius 2 is 2.19 bits per heavy atom. The van der Waals surface area contributed by atoms with E-state index in [1.807, 2.05) is 14.0 Å². The number of aryl methyl sites for hydroxylation is 1. The van der Waals surface area contributed by atoms with Gasteiger partial charge in [0.25, 0.3) is 0 Å². The number of benzene rings is 1. The van der Waals surface area contributed by atoms with Gasteiger partial charge in [0.15, 0.2) is 0 Å². The van der Waals surface area contributed by atoms with Crippen LogP contribution in [0.25, 0.3) is 0 Å². The molecule has 5 nitrogen and oxygen atoms in total. The number of sulfonamides is 1. The SMILES string of the molecule is CCc1ccc(CO)cc1S(=O)(=O)NC1CCCN(C)C1. The summed E-state index contributed by atoms with van der Waals surface area (Å²) in [7, 11) is -1.54. The van der Waals surface area contributed by atoms with E-state index in [1.54, 1.807) is 18.2 Å². The minimum absolute atomic E-state index is 0.0451. The van der Waals surface area contributed by atoms with Crippen LogP contribution in [0.15, 0.2) is 23.1 Å². The van der Waals surface area contributed by atoms with E-state index in [2.05, 4.69) is 9.62 Å². The number of likely N-dealkylation sites (N-methyl/N-ethyl adjacent to an activating group) is 1. The fourth-order valence-corrected chi connectivity index (χ4v) is 4.41. The molecule has 0 spiro atoms. The first-order valence-corrected chi connectivity index (χ1v) is 8.88. The molecular weight excluding hydrogens is 288 g/mol. The minimum Gasteiger partial charge on any atom is -0.392 e. The van der Waals surface area contributed by atoms with Crippen molar-refractivity contribution in [2.24, 2.45) is 0 Å². The van der Waals surface area contributed by atoms with Gasteiger partial charge >= 0.3 is 0 Å². The van der Waals surface area contributed by atoms with Gasteiger partial charge in [-0.05, 0) is 50.0 Å². The van der Waals surface area contributed by atoms with Crippen LogP contribution in [-0.4, -0.2) is 44.6 Å². The normalized spacial score (nSPS) is 20.6. The summed E-state index contributed by atoms with van der Waals surface area (Å²) in [6.07, 6.45) is 2.51. The number of hydrogen-bond acceptors (Lipinski definition) is 4. The summed E-state index contributed by atoms with van der Waals surface area (Å²) in [6, 6.07) is 5.09. The molecule has 21 heavy (non-hydrogen) atoms. The highest BCUT2D eigenvalue weighted by Crippen LogP contribution is 2.20. The summed E-state index contributed by atoms with van der Waals surface area (Å²) in [6.45, 7) is 3.53. The highest BCUT2D eigenvalue weighted by molar-refractivity contribution is 7.89. The number of piperidine rings is 1. The maximum Gasteiger partial charge on any atom is 0.241 e. The Morgan fingerprint density at radius 3 is 2.81 bits per heavy atom. The van der Waals surface area contributed by atoms with Crippen molar-refractivity contribution < 1.29 is 13.5 Å². The van der Waals surface area contributed by atoms with Crippen LogP contribution in [-0.2, 0) is 23.1 Å². The van der Waals surface area contributed by atoms with Crippen LogP contribution in [0, 0.1) is 0 Å². The summed E-state index contributed by atoms with van der Waals surface area (Å²) >= 11 is 0. The number of nitrogens with one attached hydrogen (secondary N) is 1. The smallest absolute Gasteiger partial charge is 0.241 e. The molecule has 1 aliphatic rings. The third-order valence-electron chi connectivity index (χ3n) is 3.93. The Balaban J connectivity index is 2.26. The molecule has 2 rings (SSSR count). The monoisotopic (exact) mass is 312 g/mol. The molecule has 1 atom stereocenters. The molecular formula is C15H24N2O3S. The highest BCUT2D eigenvalue weighted by Gasteiger charge is 2.25. The lowest BCUT2D eigenvalue weighted by Gasteiger charge is -2.30. The lowest BCUT2D eigenvalue weighted by atomic mass is 10.1. The molecule has 0 aliphatic carbocycles. The van der Waals surface area contributed by atoms with Crippen molar-refractivity contribution in [1.82, 2.24) is 9.62 Å². The first-order valence-electron chi connectivity index (χ1n) is 7.39. The molecule has 1 fully saturated rings. The van der Waals surface area contributed by atoms with E-state index >= 15 is 0 Å². The van der Waals surface area contributed by atoms with Gasteiger partial charge < -0.3 is 10.0 Å². The second-order valence-corrected chi connectivity index (χ2v) is 7.36. The second kappa shape index (κ2) is 6.87. The molecule has 1 heterocycles. The summed E-state index contributed by atoms with van der Waals surface area (Å²) in [4.78, 5) is 2.44. The van der Waals surface area contributed by atoms with Gasteiger partial charge in [-0.3, -0.25) is 0 Å². The molecule has 0 bridgehead atoms. The molecule has 118 valence electrons. The van der Waals surface area contributed by atoms with Gasteiger partial charge in [-0.1, -0.05) is 19.1 Å². The van der Waals surface area contributed by atoms with Crippen molar-refractivity contribution in [2.45, 2.75) is 43.7 Å². The Bertz CT molecular complexity index is 587. The third kappa shape index (κ3) is 4.03. The van der Waals surface area contributed by atoms with Crippen molar-refractivity contribution >= 4 is 10.0 Å². The molecule has 1 saturated heterocycles. The minimum atomic E-state index is -3.55. The van der Waals surface area contributed by atoms with Crippen molar-refractivity contribution in [2.75, 3.05) is 20.1 Å². The standard InChI is InChI=1S/C15H24N2O3S/c1-3-13-7-6-12(11-18)9-15(13)21(19,20)16-14-5-4-8-17(2)10-14/h6-7,9,14,16,18H,3-5,8,10-11H2,1-2H3. The van der Waals surface area contributed by atoms with Gasteiger partial charge in [-0.25, -0.2) is 13.1 Å². The summed E-state index contributed by atoms with van der Waals surface area (Å²) < 4.78 is 28.1. The quantitative estimate of drug-likeness (QED) is 0.855. The largest absolute Gasteiger partial charge is 0.392 e. The van der Waals surface area contributed by atoms with Crippen LogP contribution in [0.1, 0.15) is 30.9 Å². The average Bonchev–Trinajstić information content (AvgIpc) is 2.46. The van der Waals surface area contributed by atoms with E-state index in [0.717, 1.165) is 31.5 Å². The van der Waals surface area contributed by atoms with E-state index in [-0.39, 0.29) is 12.6 Å². The van der Waals surface area contributed by atoms with E-state index < -0.39 is 10.0 Å². The fourth-order valence-electron chi connectivity index (χ4n) is 2.79.